The number of carbonyl (C=O) groups is 1. The molecule has 0 saturated carbocycles. The molecule has 1 amide bonds. The molecule has 18 heavy (non-hydrogen) atoms. The average molecular weight is 261 g/mol. The van der Waals surface area contributed by atoms with Crippen LogP contribution in [0.4, 0.5) is 11.4 Å². The van der Waals surface area contributed by atoms with Gasteiger partial charge in [0.05, 0.1) is 22.6 Å². The monoisotopic (exact) mass is 261 g/mol. The first-order valence-electron chi connectivity index (χ1n) is 5.58. The van der Waals surface area contributed by atoms with Gasteiger partial charge in [0.15, 0.2) is 0 Å². The van der Waals surface area contributed by atoms with E-state index in [1.807, 2.05) is 32.9 Å². The van der Waals surface area contributed by atoms with Crippen LogP contribution in [-0.4, -0.2) is 10.9 Å². The lowest BCUT2D eigenvalue weighted by Gasteiger charge is -2.10. The second-order valence-corrected chi connectivity index (χ2v) is 5.46. The summed E-state index contributed by atoms with van der Waals surface area (Å²) in [5.41, 5.74) is 9.33. The van der Waals surface area contributed by atoms with E-state index in [4.69, 9.17) is 5.73 Å². The van der Waals surface area contributed by atoms with Crippen molar-refractivity contribution in [2.24, 2.45) is 0 Å². The van der Waals surface area contributed by atoms with Crippen molar-refractivity contribution in [3.05, 3.63) is 39.3 Å². The van der Waals surface area contributed by atoms with Gasteiger partial charge in [-0.15, -0.1) is 11.3 Å². The number of nitrogens with one attached hydrogen (secondary N) is 1. The quantitative estimate of drug-likeness (QED) is 0.817. The summed E-state index contributed by atoms with van der Waals surface area (Å²) in [7, 11) is 0. The van der Waals surface area contributed by atoms with Crippen LogP contribution in [0.1, 0.15) is 25.8 Å². The van der Waals surface area contributed by atoms with E-state index < -0.39 is 0 Å². The average Bonchev–Trinajstić information content (AvgIpc) is 2.73. The van der Waals surface area contributed by atoms with Gasteiger partial charge in [0.2, 0.25) is 0 Å². The largest absolute Gasteiger partial charge is 0.397 e. The molecule has 0 unspecified atom stereocenters. The Morgan fingerprint density at radius 3 is 2.56 bits per heavy atom. The Bertz CT molecular complexity index is 604. The number of aromatic nitrogens is 1. The maximum Gasteiger partial charge on any atom is 0.267 e. The number of nitrogens with zero attached hydrogens (tertiary/aromatic N) is 1. The van der Waals surface area contributed by atoms with E-state index >= 15 is 0 Å². The van der Waals surface area contributed by atoms with Gasteiger partial charge >= 0.3 is 0 Å². The summed E-state index contributed by atoms with van der Waals surface area (Å²) in [6, 6.07) is 3.75. The molecule has 0 radical (unpaired) electrons. The molecule has 4 nitrogen and oxygen atoms in total. The Balaban J connectivity index is 2.24. The maximum absolute atomic E-state index is 12.0. The summed E-state index contributed by atoms with van der Waals surface area (Å²) in [6.45, 7) is 5.84. The molecule has 2 aromatic rings. The number of hydrogen-bond donors (Lipinski definition) is 2. The molecule has 0 aliphatic carbocycles. The number of hydrogen-bond acceptors (Lipinski definition) is 4. The third-order valence-corrected chi connectivity index (χ3v) is 3.67. The van der Waals surface area contributed by atoms with E-state index in [1.165, 1.54) is 11.3 Å². The molecule has 5 heteroatoms. The number of carbonyl (C=O) groups excluding carboxylic acids is 1. The van der Waals surface area contributed by atoms with Gasteiger partial charge in [-0.1, -0.05) is 0 Å². The molecule has 0 atom stereocenters. The first-order chi connectivity index (χ1) is 8.47. The van der Waals surface area contributed by atoms with Crippen LogP contribution < -0.4 is 11.1 Å². The van der Waals surface area contributed by atoms with Crippen LogP contribution >= 0.6 is 11.3 Å². The van der Waals surface area contributed by atoms with Gasteiger partial charge in [-0.25, -0.2) is 4.98 Å². The molecule has 2 rings (SSSR count). The lowest BCUT2D eigenvalue weighted by molar-refractivity contribution is 0.103. The standard InChI is InChI=1S/C13H15N3OS/c1-7-4-10(14)11(5-8(7)2)16-13(17)12-6-15-9(3)18-12/h4-6H,14H2,1-3H3,(H,16,17). The third kappa shape index (κ3) is 2.51. The van der Waals surface area contributed by atoms with E-state index in [0.717, 1.165) is 16.1 Å². The van der Waals surface area contributed by atoms with Gasteiger partial charge in [0.1, 0.15) is 4.88 Å². The minimum absolute atomic E-state index is 0.171. The first kappa shape index (κ1) is 12.6. The predicted octanol–water partition coefficient (Wildman–Crippen LogP) is 2.90. The molecule has 1 heterocycles. The lowest BCUT2D eigenvalue weighted by atomic mass is 10.1. The van der Waals surface area contributed by atoms with Gasteiger partial charge in [-0.3, -0.25) is 4.79 Å². The second-order valence-electron chi connectivity index (χ2n) is 4.22. The normalized spacial score (nSPS) is 10.4. The van der Waals surface area contributed by atoms with Gasteiger partial charge in [0, 0.05) is 0 Å². The Hall–Kier alpha value is -1.88. The summed E-state index contributed by atoms with van der Waals surface area (Å²) in [6.07, 6.45) is 1.58. The number of anilines is 2. The van der Waals surface area contributed by atoms with Crippen LogP contribution in [0, 0.1) is 20.8 Å². The lowest BCUT2D eigenvalue weighted by Crippen LogP contribution is -2.12. The molecule has 0 bridgehead atoms. The highest BCUT2D eigenvalue weighted by atomic mass is 32.1. The van der Waals surface area contributed by atoms with Crippen molar-refractivity contribution in [3.8, 4) is 0 Å². The summed E-state index contributed by atoms with van der Waals surface area (Å²) in [5, 5.41) is 3.68. The fraction of sp³-hybridized carbons (Fsp3) is 0.231. The molecule has 1 aromatic heterocycles. The number of nitrogen functional groups attached to an aromatic ring is 1. The molecule has 0 aliphatic rings. The summed E-state index contributed by atoms with van der Waals surface area (Å²) >= 11 is 1.36. The number of benzene rings is 1. The van der Waals surface area contributed by atoms with Crippen LogP contribution in [0.5, 0.6) is 0 Å². The van der Waals surface area contributed by atoms with Crippen LogP contribution in [0.3, 0.4) is 0 Å². The Morgan fingerprint density at radius 1 is 1.28 bits per heavy atom. The number of nitrogens with two attached hydrogens (primary N) is 1. The molecular formula is C13H15N3OS. The highest BCUT2D eigenvalue weighted by molar-refractivity contribution is 7.13. The van der Waals surface area contributed by atoms with Gasteiger partial charge in [-0.05, 0) is 44.0 Å². The van der Waals surface area contributed by atoms with Crippen molar-refractivity contribution in [1.29, 1.82) is 0 Å². The van der Waals surface area contributed by atoms with Crippen LogP contribution in [0.25, 0.3) is 0 Å². The highest BCUT2D eigenvalue weighted by Crippen LogP contribution is 2.24. The Kier molecular flexibility index (Phi) is 3.34. The molecule has 3 N–H and O–H groups in total. The van der Waals surface area contributed by atoms with E-state index in [-0.39, 0.29) is 5.91 Å². The zero-order chi connectivity index (χ0) is 13.3. The zero-order valence-electron chi connectivity index (χ0n) is 10.6. The van der Waals surface area contributed by atoms with E-state index in [9.17, 15) is 4.79 Å². The van der Waals surface area contributed by atoms with Gasteiger partial charge in [0.25, 0.3) is 5.91 Å². The molecule has 0 spiro atoms. The van der Waals surface area contributed by atoms with Crippen LogP contribution in [-0.2, 0) is 0 Å². The highest BCUT2D eigenvalue weighted by Gasteiger charge is 2.11. The van der Waals surface area contributed by atoms with E-state index in [0.29, 0.717) is 16.3 Å². The smallest absolute Gasteiger partial charge is 0.267 e. The van der Waals surface area contributed by atoms with Crippen molar-refractivity contribution < 1.29 is 4.79 Å². The SMILES string of the molecule is Cc1ncc(C(=O)Nc2cc(C)c(C)cc2N)s1. The molecule has 1 aromatic carbocycles. The minimum atomic E-state index is -0.171. The minimum Gasteiger partial charge on any atom is -0.397 e. The number of amides is 1. The predicted molar refractivity (Wildman–Crippen MR) is 75.1 cm³/mol. The number of thiazole rings is 1. The van der Waals surface area contributed by atoms with Crippen molar-refractivity contribution >= 4 is 28.6 Å². The van der Waals surface area contributed by atoms with Gasteiger partial charge in [-0.2, -0.15) is 0 Å². The summed E-state index contributed by atoms with van der Waals surface area (Å²) in [4.78, 5) is 16.6. The molecule has 94 valence electrons. The fourth-order valence-corrected chi connectivity index (χ4v) is 2.27. The number of aryl methyl sites for hydroxylation is 3. The molecular weight excluding hydrogens is 246 g/mol. The first-order valence-corrected chi connectivity index (χ1v) is 6.39. The Morgan fingerprint density at radius 2 is 1.94 bits per heavy atom. The second kappa shape index (κ2) is 4.78. The van der Waals surface area contributed by atoms with Gasteiger partial charge < -0.3 is 11.1 Å². The van der Waals surface area contributed by atoms with E-state index in [2.05, 4.69) is 10.3 Å². The zero-order valence-corrected chi connectivity index (χ0v) is 11.4. The van der Waals surface area contributed by atoms with Crippen LogP contribution in [0.15, 0.2) is 18.3 Å². The van der Waals surface area contributed by atoms with E-state index in [1.54, 1.807) is 6.20 Å². The molecule has 0 saturated heterocycles. The molecule has 0 aliphatic heterocycles. The van der Waals surface area contributed by atoms with Crippen LogP contribution in [0.2, 0.25) is 0 Å². The third-order valence-electron chi connectivity index (χ3n) is 2.76. The summed E-state index contributed by atoms with van der Waals surface area (Å²) < 4.78 is 0. The summed E-state index contributed by atoms with van der Waals surface area (Å²) in [5.74, 6) is -0.171. The van der Waals surface area contributed by atoms with Crippen molar-refractivity contribution in [2.45, 2.75) is 20.8 Å². The maximum atomic E-state index is 12.0. The number of rotatable bonds is 2. The Labute approximate surface area is 110 Å². The molecule has 0 fully saturated rings. The van der Waals surface area contributed by atoms with Crippen molar-refractivity contribution in [3.63, 3.8) is 0 Å². The van der Waals surface area contributed by atoms with Crippen molar-refractivity contribution in [2.75, 3.05) is 11.1 Å². The topological polar surface area (TPSA) is 68.0 Å². The van der Waals surface area contributed by atoms with Crippen molar-refractivity contribution in [1.82, 2.24) is 4.98 Å². The fourth-order valence-electron chi connectivity index (χ4n) is 1.60.